The Morgan fingerprint density at radius 2 is 2.71 bits per heavy atom. The third kappa shape index (κ3) is 0.377. The molecule has 0 spiro atoms. The lowest BCUT2D eigenvalue weighted by molar-refractivity contribution is 1.06. The summed E-state index contributed by atoms with van der Waals surface area (Å²) in [6.45, 7) is 0. The second kappa shape index (κ2) is 0.915. The maximum atomic E-state index is 3.03. The Morgan fingerprint density at radius 1 is 1.71 bits per heavy atom. The standard InChI is InChI=1S/C6H7N/c1-2-7-4-6-3-5(1)6/h1-2,4-5,7H,3H2. The van der Waals surface area contributed by atoms with E-state index in [1.807, 2.05) is 6.20 Å². The van der Waals surface area contributed by atoms with Crippen LogP contribution in [-0.2, 0) is 0 Å². The molecule has 0 radical (unpaired) electrons. The summed E-state index contributed by atoms with van der Waals surface area (Å²) in [4.78, 5) is 0. The first kappa shape index (κ1) is 3.30. The normalized spacial score (nSPS) is 33.1. The minimum absolute atomic E-state index is 0.821. The number of hydrogen-bond acceptors (Lipinski definition) is 1. The molecule has 2 rings (SSSR count). The predicted molar refractivity (Wildman–Crippen MR) is 28.5 cm³/mol. The molecule has 1 nitrogen and oxygen atoms in total. The number of dihydropyridines is 1. The molecular formula is C6H7N. The lowest BCUT2D eigenvalue weighted by atomic mass is 10.3. The van der Waals surface area contributed by atoms with Gasteiger partial charge in [0.05, 0.1) is 0 Å². The van der Waals surface area contributed by atoms with Gasteiger partial charge in [-0.2, -0.15) is 0 Å². The zero-order valence-electron chi connectivity index (χ0n) is 4.02. The monoisotopic (exact) mass is 93.1 g/mol. The second-order valence-corrected chi connectivity index (χ2v) is 2.06. The molecule has 0 aromatic heterocycles. The van der Waals surface area contributed by atoms with Crippen LogP contribution in [0.4, 0.5) is 0 Å². The lowest BCUT2D eigenvalue weighted by Gasteiger charge is -1.91. The molecule has 7 heavy (non-hydrogen) atoms. The van der Waals surface area contributed by atoms with Gasteiger partial charge in [0.2, 0.25) is 0 Å². The first-order valence-corrected chi connectivity index (χ1v) is 2.58. The van der Waals surface area contributed by atoms with Crippen LogP contribution in [-0.4, -0.2) is 0 Å². The van der Waals surface area contributed by atoms with E-state index in [-0.39, 0.29) is 0 Å². The van der Waals surface area contributed by atoms with Gasteiger partial charge in [0.15, 0.2) is 0 Å². The molecule has 1 atom stereocenters. The zero-order valence-corrected chi connectivity index (χ0v) is 4.02. The molecule has 2 aliphatic rings. The fourth-order valence-corrected chi connectivity index (χ4v) is 0.879. The van der Waals surface area contributed by atoms with Crippen molar-refractivity contribution >= 4 is 0 Å². The van der Waals surface area contributed by atoms with Crippen LogP contribution in [0.1, 0.15) is 6.42 Å². The Kier molecular flexibility index (Phi) is 0.432. The largest absolute Gasteiger partial charge is 0.368 e. The summed E-state index contributed by atoms with van der Waals surface area (Å²) in [5.41, 5.74) is 1.56. The van der Waals surface area contributed by atoms with Crippen molar-refractivity contribution in [1.82, 2.24) is 5.32 Å². The van der Waals surface area contributed by atoms with Gasteiger partial charge in [0.1, 0.15) is 0 Å². The SMILES string of the molecule is C1=CC2CC2=CN1. The highest BCUT2D eigenvalue weighted by Gasteiger charge is 2.27. The van der Waals surface area contributed by atoms with Crippen molar-refractivity contribution in [2.24, 2.45) is 5.92 Å². The van der Waals surface area contributed by atoms with E-state index in [2.05, 4.69) is 17.6 Å². The molecule has 1 aliphatic heterocycles. The molecule has 1 aliphatic carbocycles. The van der Waals surface area contributed by atoms with Crippen molar-refractivity contribution in [3.05, 3.63) is 24.0 Å². The van der Waals surface area contributed by atoms with Crippen molar-refractivity contribution < 1.29 is 0 Å². The number of hydrogen-bond donors (Lipinski definition) is 1. The number of rotatable bonds is 0. The van der Waals surface area contributed by atoms with E-state index in [1.165, 1.54) is 6.42 Å². The fraction of sp³-hybridized carbons (Fsp3) is 0.333. The fourth-order valence-electron chi connectivity index (χ4n) is 0.879. The van der Waals surface area contributed by atoms with Gasteiger partial charge in [-0.05, 0) is 18.2 Å². The summed E-state index contributed by atoms with van der Waals surface area (Å²) < 4.78 is 0. The highest BCUT2D eigenvalue weighted by Crippen LogP contribution is 2.39. The third-order valence-corrected chi connectivity index (χ3v) is 1.47. The maximum absolute atomic E-state index is 3.03. The topological polar surface area (TPSA) is 12.0 Å². The first-order chi connectivity index (χ1) is 3.47. The molecule has 1 unspecified atom stereocenters. The summed E-state index contributed by atoms with van der Waals surface area (Å²) in [5.74, 6) is 0.821. The highest BCUT2D eigenvalue weighted by molar-refractivity contribution is 5.31. The van der Waals surface area contributed by atoms with E-state index < -0.39 is 0 Å². The van der Waals surface area contributed by atoms with Gasteiger partial charge < -0.3 is 5.32 Å². The molecule has 1 fully saturated rings. The van der Waals surface area contributed by atoms with Crippen molar-refractivity contribution in [1.29, 1.82) is 0 Å². The molecule has 0 amide bonds. The molecular weight excluding hydrogens is 86.1 g/mol. The lowest BCUT2D eigenvalue weighted by Crippen LogP contribution is -1.94. The highest BCUT2D eigenvalue weighted by atomic mass is 14.8. The van der Waals surface area contributed by atoms with Crippen molar-refractivity contribution in [3.8, 4) is 0 Å². The van der Waals surface area contributed by atoms with Gasteiger partial charge in [-0.25, -0.2) is 0 Å². The van der Waals surface area contributed by atoms with Gasteiger partial charge in [-0.3, -0.25) is 0 Å². The number of fused-ring (bicyclic) bond motifs is 1. The van der Waals surface area contributed by atoms with Crippen molar-refractivity contribution in [3.63, 3.8) is 0 Å². The van der Waals surface area contributed by atoms with E-state index in [4.69, 9.17) is 0 Å². The van der Waals surface area contributed by atoms with E-state index in [9.17, 15) is 0 Å². The Bertz CT molecular complexity index is 144. The maximum Gasteiger partial charge on any atom is 0.00498 e. The number of allylic oxidation sites excluding steroid dienone is 2. The molecule has 0 bridgehead atoms. The van der Waals surface area contributed by atoms with E-state index in [0.29, 0.717) is 0 Å². The average Bonchev–Trinajstić information content (AvgIpc) is 2.41. The summed E-state index contributed by atoms with van der Waals surface area (Å²) >= 11 is 0. The van der Waals surface area contributed by atoms with Gasteiger partial charge >= 0.3 is 0 Å². The minimum atomic E-state index is 0.821. The van der Waals surface area contributed by atoms with Crippen LogP contribution in [0.3, 0.4) is 0 Å². The summed E-state index contributed by atoms with van der Waals surface area (Å²) in [6, 6.07) is 0. The van der Waals surface area contributed by atoms with Crippen LogP contribution in [0.25, 0.3) is 0 Å². The Hall–Kier alpha value is -0.720. The van der Waals surface area contributed by atoms with Gasteiger partial charge in [-0.15, -0.1) is 0 Å². The molecule has 0 aromatic rings. The second-order valence-electron chi connectivity index (χ2n) is 2.06. The van der Waals surface area contributed by atoms with Crippen molar-refractivity contribution in [2.75, 3.05) is 0 Å². The van der Waals surface area contributed by atoms with Crippen LogP contribution in [0.5, 0.6) is 0 Å². The summed E-state index contributed by atoms with van der Waals surface area (Å²) in [7, 11) is 0. The Labute approximate surface area is 42.7 Å². The van der Waals surface area contributed by atoms with Gasteiger partial charge in [-0.1, -0.05) is 6.08 Å². The summed E-state index contributed by atoms with van der Waals surface area (Å²) in [5, 5.41) is 3.03. The molecule has 1 heteroatoms. The van der Waals surface area contributed by atoms with Crippen LogP contribution in [0.2, 0.25) is 0 Å². The summed E-state index contributed by atoms with van der Waals surface area (Å²) in [6.07, 6.45) is 7.59. The molecule has 0 saturated heterocycles. The average molecular weight is 93.1 g/mol. The third-order valence-electron chi connectivity index (χ3n) is 1.47. The molecule has 1 N–H and O–H groups in total. The quantitative estimate of drug-likeness (QED) is 0.471. The number of nitrogens with one attached hydrogen (secondary N) is 1. The Balaban J connectivity index is 2.30. The van der Waals surface area contributed by atoms with Crippen LogP contribution in [0, 0.1) is 5.92 Å². The van der Waals surface area contributed by atoms with Crippen molar-refractivity contribution in [2.45, 2.75) is 6.42 Å². The van der Waals surface area contributed by atoms with Crippen LogP contribution >= 0.6 is 0 Å². The predicted octanol–water partition coefficient (Wildman–Crippen LogP) is 1.01. The Morgan fingerprint density at radius 3 is 3.29 bits per heavy atom. The zero-order chi connectivity index (χ0) is 4.69. The smallest absolute Gasteiger partial charge is 0.00498 e. The minimum Gasteiger partial charge on any atom is -0.368 e. The van der Waals surface area contributed by atoms with Crippen LogP contribution < -0.4 is 5.32 Å². The van der Waals surface area contributed by atoms with Crippen LogP contribution in [0.15, 0.2) is 24.0 Å². The first-order valence-electron chi connectivity index (χ1n) is 2.58. The molecule has 1 heterocycles. The van der Waals surface area contributed by atoms with E-state index in [1.54, 1.807) is 5.57 Å². The molecule has 36 valence electrons. The van der Waals surface area contributed by atoms with Gasteiger partial charge in [0.25, 0.3) is 0 Å². The van der Waals surface area contributed by atoms with E-state index >= 15 is 0 Å². The van der Waals surface area contributed by atoms with E-state index in [0.717, 1.165) is 5.92 Å². The molecule has 0 aromatic carbocycles. The molecule has 1 saturated carbocycles. The van der Waals surface area contributed by atoms with Gasteiger partial charge in [0, 0.05) is 12.1 Å².